The molecule has 2 aliphatic rings. The number of carbonyl (C=O) groups excluding carboxylic acids is 2. The van der Waals surface area contributed by atoms with Crippen LogP contribution in [-0.2, 0) is 24.3 Å². The first-order valence-electron chi connectivity index (χ1n) is 10.1. The molecule has 28 heavy (non-hydrogen) atoms. The fourth-order valence-electron chi connectivity index (χ4n) is 4.35. The van der Waals surface area contributed by atoms with E-state index >= 15 is 0 Å². The molecule has 0 N–H and O–H groups in total. The molecular formula is C19H35N3O5S. The molecule has 0 spiro atoms. The standard InChI is InChI=1S/C19H35N3O5S/c1-14(2)17(19(24)27-5)21(4)18(23)15-10-12-22(13-15)28(25,26)16-9-7-6-8-11-20(16)3/h14-17H,6-13H2,1-5H3/t15-,16-,17-/m0/s1. The number of rotatable bonds is 6. The summed E-state index contributed by atoms with van der Waals surface area (Å²) in [4.78, 5) is 28.4. The predicted molar refractivity (Wildman–Crippen MR) is 107 cm³/mol. The Morgan fingerprint density at radius 2 is 1.79 bits per heavy atom. The van der Waals surface area contributed by atoms with Gasteiger partial charge >= 0.3 is 5.97 Å². The molecule has 2 rings (SSSR count). The minimum absolute atomic E-state index is 0.0951. The van der Waals surface area contributed by atoms with Gasteiger partial charge in [0.2, 0.25) is 15.9 Å². The van der Waals surface area contributed by atoms with Crippen molar-refractivity contribution in [2.75, 3.05) is 40.8 Å². The first kappa shape index (κ1) is 23.1. The zero-order chi connectivity index (χ0) is 21.1. The highest BCUT2D eigenvalue weighted by atomic mass is 32.2. The fourth-order valence-corrected chi connectivity index (χ4v) is 6.47. The van der Waals surface area contributed by atoms with E-state index in [0.29, 0.717) is 19.4 Å². The number of amides is 1. The summed E-state index contributed by atoms with van der Waals surface area (Å²) in [6.07, 6.45) is 4.07. The van der Waals surface area contributed by atoms with Gasteiger partial charge in [0.05, 0.1) is 13.0 Å². The third-order valence-electron chi connectivity index (χ3n) is 6.00. The summed E-state index contributed by atoms with van der Waals surface area (Å²) < 4.78 is 32.7. The average Bonchev–Trinajstić information content (AvgIpc) is 3.04. The molecule has 2 heterocycles. The quantitative estimate of drug-likeness (QED) is 0.602. The maximum absolute atomic E-state index is 13.2. The summed E-state index contributed by atoms with van der Waals surface area (Å²) in [6, 6.07) is -0.670. The number of esters is 1. The van der Waals surface area contributed by atoms with Crippen molar-refractivity contribution in [2.45, 2.75) is 57.4 Å². The van der Waals surface area contributed by atoms with Crippen molar-refractivity contribution in [3.05, 3.63) is 0 Å². The fraction of sp³-hybridized carbons (Fsp3) is 0.895. The zero-order valence-electron chi connectivity index (χ0n) is 17.8. The number of carbonyl (C=O) groups is 2. The molecule has 0 aromatic carbocycles. The van der Waals surface area contributed by atoms with Gasteiger partial charge < -0.3 is 9.64 Å². The Kier molecular flexibility index (Phi) is 7.87. The molecule has 162 valence electrons. The maximum Gasteiger partial charge on any atom is 0.328 e. The molecule has 0 aliphatic carbocycles. The van der Waals surface area contributed by atoms with E-state index in [1.54, 1.807) is 7.05 Å². The number of methoxy groups -OCH3 is 1. The highest BCUT2D eigenvalue weighted by Gasteiger charge is 2.43. The van der Waals surface area contributed by atoms with Crippen LogP contribution in [0.2, 0.25) is 0 Å². The molecular weight excluding hydrogens is 382 g/mol. The van der Waals surface area contributed by atoms with Crippen LogP contribution in [0.25, 0.3) is 0 Å². The van der Waals surface area contributed by atoms with E-state index in [2.05, 4.69) is 0 Å². The number of nitrogens with zero attached hydrogens (tertiary/aromatic N) is 3. The van der Waals surface area contributed by atoms with Crippen LogP contribution in [0, 0.1) is 11.8 Å². The van der Waals surface area contributed by atoms with Gasteiger partial charge in [-0.1, -0.05) is 26.7 Å². The molecule has 0 radical (unpaired) electrons. The summed E-state index contributed by atoms with van der Waals surface area (Å²) in [5.74, 6) is -1.17. The number of sulfonamides is 1. The second-order valence-corrected chi connectivity index (χ2v) is 10.4. The molecule has 0 bridgehead atoms. The summed E-state index contributed by atoms with van der Waals surface area (Å²) in [6.45, 7) is 5.03. The topological polar surface area (TPSA) is 87.2 Å². The van der Waals surface area contributed by atoms with E-state index in [0.717, 1.165) is 25.8 Å². The molecule has 0 aromatic rings. The van der Waals surface area contributed by atoms with Crippen LogP contribution in [0.3, 0.4) is 0 Å². The van der Waals surface area contributed by atoms with Crippen LogP contribution in [0.4, 0.5) is 0 Å². The Balaban J connectivity index is 2.09. The lowest BCUT2D eigenvalue weighted by atomic mass is 10.00. The van der Waals surface area contributed by atoms with E-state index in [4.69, 9.17) is 4.74 Å². The first-order chi connectivity index (χ1) is 13.1. The molecule has 3 atom stereocenters. The Morgan fingerprint density at radius 1 is 1.11 bits per heavy atom. The maximum atomic E-state index is 13.2. The highest BCUT2D eigenvalue weighted by molar-refractivity contribution is 7.89. The Bertz CT molecular complexity index is 666. The summed E-state index contributed by atoms with van der Waals surface area (Å²) in [7, 11) is 1.28. The molecule has 2 saturated heterocycles. The van der Waals surface area contributed by atoms with Crippen LogP contribution in [0.15, 0.2) is 0 Å². The van der Waals surface area contributed by atoms with Gasteiger partial charge in [0.1, 0.15) is 11.4 Å². The first-order valence-corrected chi connectivity index (χ1v) is 11.6. The van der Waals surface area contributed by atoms with Gasteiger partial charge in [-0.05, 0) is 38.8 Å². The molecule has 0 saturated carbocycles. The van der Waals surface area contributed by atoms with Crippen LogP contribution >= 0.6 is 0 Å². The van der Waals surface area contributed by atoms with Crippen LogP contribution in [0.1, 0.15) is 46.0 Å². The number of hydrogen-bond donors (Lipinski definition) is 0. The van der Waals surface area contributed by atoms with Crippen molar-refractivity contribution in [2.24, 2.45) is 11.8 Å². The van der Waals surface area contributed by atoms with Crippen LogP contribution in [-0.4, -0.2) is 86.7 Å². The lowest BCUT2D eigenvalue weighted by molar-refractivity contribution is -0.155. The lowest BCUT2D eigenvalue weighted by Crippen LogP contribution is -2.49. The zero-order valence-corrected chi connectivity index (χ0v) is 18.6. The van der Waals surface area contributed by atoms with Gasteiger partial charge in [-0.2, -0.15) is 4.31 Å². The smallest absolute Gasteiger partial charge is 0.328 e. The van der Waals surface area contributed by atoms with Gasteiger partial charge in [-0.25, -0.2) is 13.2 Å². The normalized spacial score (nSPS) is 26.1. The SMILES string of the molecule is COC(=O)[C@H](C(C)C)N(C)C(=O)[C@H]1CCN(S(=O)(=O)[C@H]2CCCCCN2C)C1. The predicted octanol–water partition coefficient (Wildman–Crippen LogP) is 1.13. The third-order valence-corrected chi connectivity index (χ3v) is 8.33. The van der Waals surface area contributed by atoms with Gasteiger partial charge in [-0.3, -0.25) is 9.69 Å². The molecule has 1 amide bonds. The van der Waals surface area contributed by atoms with Gasteiger partial charge in [0.15, 0.2) is 0 Å². The van der Waals surface area contributed by atoms with Crippen molar-refractivity contribution < 1.29 is 22.7 Å². The summed E-state index contributed by atoms with van der Waals surface area (Å²) >= 11 is 0. The second-order valence-electron chi connectivity index (χ2n) is 8.33. The number of hydrogen-bond acceptors (Lipinski definition) is 6. The minimum Gasteiger partial charge on any atom is -0.467 e. The van der Waals surface area contributed by atoms with Crippen molar-refractivity contribution in [1.29, 1.82) is 0 Å². The van der Waals surface area contributed by atoms with Gasteiger partial charge in [0.25, 0.3) is 0 Å². The van der Waals surface area contributed by atoms with Gasteiger partial charge in [-0.15, -0.1) is 0 Å². The van der Waals surface area contributed by atoms with Crippen LogP contribution < -0.4 is 0 Å². The van der Waals surface area contributed by atoms with E-state index in [1.165, 1.54) is 16.3 Å². The Labute approximate surface area is 169 Å². The van der Waals surface area contributed by atoms with E-state index in [-0.39, 0.29) is 18.4 Å². The van der Waals surface area contributed by atoms with Gasteiger partial charge in [0, 0.05) is 20.1 Å². The average molecular weight is 418 g/mol. The number of likely N-dealkylation sites (N-methyl/N-ethyl adjacent to an activating group) is 1. The molecule has 0 unspecified atom stereocenters. The second kappa shape index (κ2) is 9.54. The molecule has 8 nitrogen and oxygen atoms in total. The van der Waals surface area contributed by atoms with E-state index in [9.17, 15) is 18.0 Å². The number of likely N-dealkylation sites (tertiary alicyclic amines) is 1. The van der Waals surface area contributed by atoms with E-state index in [1.807, 2.05) is 25.8 Å². The molecule has 9 heteroatoms. The lowest BCUT2D eigenvalue weighted by Gasteiger charge is -2.31. The number of ether oxygens (including phenoxy) is 1. The minimum atomic E-state index is -3.49. The largest absolute Gasteiger partial charge is 0.467 e. The molecule has 2 aliphatic heterocycles. The Morgan fingerprint density at radius 3 is 2.39 bits per heavy atom. The monoisotopic (exact) mass is 417 g/mol. The van der Waals surface area contributed by atoms with Crippen molar-refractivity contribution in [1.82, 2.24) is 14.1 Å². The van der Waals surface area contributed by atoms with E-state index < -0.39 is 33.3 Å². The third kappa shape index (κ3) is 4.86. The van der Waals surface area contributed by atoms with Crippen molar-refractivity contribution >= 4 is 21.9 Å². The summed E-state index contributed by atoms with van der Waals surface area (Å²) in [5, 5.41) is -0.514. The Hall–Kier alpha value is -1.19. The van der Waals surface area contributed by atoms with Crippen LogP contribution in [0.5, 0.6) is 0 Å². The molecule has 0 aromatic heterocycles. The van der Waals surface area contributed by atoms with Crippen molar-refractivity contribution in [3.63, 3.8) is 0 Å². The van der Waals surface area contributed by atoms with Crippen molar-refractivity contribution in [3.8, 4) is 0 Å². The summed E-state index contributed by atoms with van der Waals surface area (Å²) in [5.41, 5.74) is 0. The highest BCUT2D eigenvalue weighted by Crippen LogP contribution is 2.28. The molecule has 2 fully saturated rings.